The summed E-state index contributed by atoms with van der Waals surface area (Å²) in [6.07, 6.45) is 0.499. The van der Waals surface area contributed by atoms with Crippen molar-refractivity contribution in [2.24, 2.45) is 0 Å². The molecule has 1 aliphatic rings. The molecular formula is C15H15FN2O2. The fraction of sp³-hybridized carbons (Fsp3) is 0.267. The molecule has 1 atom stereocenters. The summed E-state index contributed by atoms with van der Waals surface area (Å²) < 4.78 is 24.4. The largest absolute Gasteiger partial charge is 0.486 e. The lowest BCUT2D eigenvalue weighted by Gasteiger charge is -2.13. The molecule has 1 unspecified atom stereocenters. The maximum absolute atomic E-state index is 13.1. The molecule has 0 bridgehead atoms. The highest BCUT2D eigenvalue weighted by molar-refractivity contribution is 5.46. The highest BCUT2D eigenvalue weighted by atomic mass is 19.1. The van der Waals surface area contributed by atoms with Gasteiger partial charge in [-0.05, 0) is 37.3 Å². The number of aromatic nitrogens is 1. The van der Waals surface area contributed by atoms with Crippen molar-refractivity contribution < 1.29 is 13.9 Å². The van der Waals surface area contributed by atoms with Crippen LogP contribution in [0.3, 0.4) is 0 Å². The van der Waals surface area contributed by atoms with E-state index >= 15 is 0 Å². The molecule has 5 heteroatoms. The molecular weight excluding hydrogens is 259 g/mol. The maximum Gasteiger partial charge on any atom is 0.166 e. The molecule has 2 N–H and O–H groups in total. The van der Waals surface area contributed by atoms with Crippen LogP contribution in [-0.2, 0) is 6.42 Å². The molecule has 0 saturated heterocycles. The lowest BCUT2D eigenvalue weighted by molar-refractivity contribution is 0.149. The Morgan fingerprint density at radius 2 is 2.25 bits per heavy atom. The van der Waals surface area contributed by atoms with Gasteiger partial charge >= 0.3 is 0 Å². The van der Waals surface area contributed by atoms with Gasteiger partial charge in [0.2, 0.25) is 0 Å². The number of hydrogen-bond acceptors (Lipinski definition) is 4. The molecule has 0 saturated carbocycles. The summed E-state index contributed by atoms with van der Waals surface area (Å²) in [6, 6.07) is 8.16. The molecule has 104 valence electrons. The number of nitrogens with two attached hydrogens (primary N) is 1. The number of nitrogens with zero attached hydrogens (tertiary/aromatic N) is 1. The highest BCUT2D eigenvalue weighted by Crippen LogP contribution is 2.30. The first-order valence-corrected chi connectivity index (χ1v) is 6.43. The fourth-order valence-corrected chi connectivity index (χ4v) is 2.25. The first kappa shape index (κ1) is 12.7. The topological polar surface area (TPSA) is 57.4 Å². The highest BCUT2D eigenvalue weighted by Gasteiger charge is 2.24. The van der Waals surface area contributed by atoms with Crippen LogP contribution in [0.1, 0.15) is 11.3 Å². The molecule has 1 aromatic heterocycles. The Morgan fingerprint density at radius 1 is 1.40 bits per heavy atom. The zero-order valence-corrected chi connectivity index (χ0v) is 11.1. The zero-order chi connectivity index (χ0) is 14.1. The van der Waals surface area contributed by atoms with Crippen LogP contribution in [0.2, 0.25) is 0 Å². The van der Waals surface area contributed by atoms with Crippen LogP contribution >= 0.6 is 0 Å². The summed E-state index contributed by atoms with van der Waals surface area (Å²) in [6.45, 7) is 2.22. The number of pyridine rings is 1. The number of rotatable bonds is 3. The van der Waals surface area contributed by atoms with E-state index in [9.17, 15) is 4.39 Å². The summed E-state index contributed by atoms with van der Waals surface area (Å²) in [7, 11) is 0. The van der Waals surface area contributed by atoms with Gasteiger partial charge in [0, 0.05) is 17.7 Å². The van der Waals surface area contributed by atoms with Crippen molar-refractivity contribution in [3.05, 3.63) is 47.4 Å². The first-order chi connectivity index (χ1) is 9.61. The molecule has 0 spiro atoms. The number of ether oxygens (including phenoxy) is 2. The van der Waals surface area contributed by atoms with Gasteiger partial charge in [-0.3, -0.25) is 0 Å². The third kappa shape index (κ3) is 2.52. The molecule has 0 amide bonds. The monoisotopic (exact) mass is 274 g/mol. The summed E-state index contributed by atoms with van der Waals surface area (Å²) >= 11 is 0. The van der Waals surface area contributed by atoms with E-state index in [0.29, 0.717) is 24.6 Å². The summed E-state index contributed by atoms with van der Waals surface area (Å²) in [5.41, 5.74) is 7.50. The fourth-order valence-electron chi connectivity index (χ4n) is 2.25. The van der Waals surface area contributed by atoms with Crippen LogP contribution in [0.5, 0.6) is 11.5 Å². The van der Waals surface area contributed by atoms with E-state index in [0.717, 1.165) is 17.0 Å². The van der Waals surface area contributed by atoms with Gasteiger partial charge in [-0.25, -0.2) is 9.37 Å². The Morgan fingerprint density at radius 3 is 3.05 bits per heavy atom. The average Bonchev–Trinajstić information content (AvgIpc) is 2.79. The minimum atomic E-state index is -0.249. The number of fused-ring (bicyclic) bond motifs is 1. The molecule has 0 radical (unpaired) electrons. The normalized spacial score (nSPS) is 16.6. The van der Waals surface area contributed by atoms with E-state index in [2.05, 4.69) is 4.98 Å². The Kier molecular flexibility index (Phi) is 3.18. The van der Waals surface area contributed by atoms with Crippen LogP contribution in [0.25, 0.3) is 0 Å². The summed E-state index contributed by atoms with van der Waals surface area (Å²) in [4.78, 5) is 4.13. The Hall–Kier alpha value is -2.30. The van der Waals surface area contributed by atoms with Crippen molar-refractivity contribution in [1.29, 1.82) is 0 Å². The molecule has 1 aliphatic heterocycles. The van der Waals surface area contributed by atoms with Crippen LogP contribution in [-0.4, -0.2) is 17.7 Å². The number of benzene rings is 1. The van der Waals surface area contributed by atoms with Crippen molar-refractivity contribution in [2.75, 3.05) is 12.3 Å². The van der Waals surface area contributed by atoms with Gasteiger partial charge in [-0.1, -0.05) is 0 Å². The van der Waals surface area contributed by atoms with Crippen LogP contribution in [0.15, 0.2) is 30.3 Å². The SMILES string of the molecule is Cc1ccc(OCC2Cc3cc(F)ccc3O2)c(N)n1. The lowest BCUT2D eigenvalue weighted by Crippen LogP contribution is -2.22. The van der Waals surface area contributed by atoms with Crippen molar-refractivity contribution >= 4 is 5.82 Å². The van der Waals surface area contributed by atoms with Gasteiger partial charge in [0.1, 0.15) is 24.3 Å². The number of anilines is 1. The van der Waals surface area contributed by atoms with Gasteiger partial charge in [0.25, 0.3) is 0 Å². The predicted molar refractivity (Wildman–Crippen MR) is 73.4 cm³/mol. The standard InChI is InChI=1S/C15H15FN2O2/c1-9-2-4-14(15(17)18-9)19-8-12-7-10-6-11(16)3-5-13(10)20-12/h2-6,12H,7-8H2,1H3,(H2,17,18). The summed E-state index contributed by atoms with van der Waals surface area (Å²) in [5.74, 6) is 1.38. The van der Waals surface area contributed by atoms with Gasteiger partial charge in [0.15, 0.2) is 11.6 Å². The van der Waals surface area contributed by atoms with Crippen molar-refractivity contribution in [2.45, 2.75) is 19.4 Å². The predicted octanol–water partition coefficient (Wildman–Crippen LogP) is 2.49. The Bertz CT molecular complexity index is 646. The zero-order valence-electron chi connectivity index (χ0n) is 11.1. The van der Waals surface area contributed by atoms with E-state index < -0.39 is 0 Å². The van der Waals surface area contributed by atoms with Crippen molar-refractivity contribution in [1.82, 2.24) is 4.98 Å². The van der Waals surface area contributed by atoms with Crippen LogP contribution < -0.4 is 15.2 Å². The molecule has 0 aliphatic carbocycles. The second-order valence-corrected chi connectivity index (χ2v) is 4.84. The van der Waals surface area contributed by atoms with Crippen LogP contribution in [0.4, 0.5) is 10.2 Å². The quantitative estimate of drug-likeness (QED) is 0.934. The van der Waals surface area contributed by atoms with Gasteiger partial charge in [-0.2, -0.15) is 0 Å². The van der Waals surface area contributed by atoms with E-state index in [-0.39, 0.29) is 11.9 Å². The Balaban J connectivity index is 1.63. The minimum absolute atomic E-state index is 0.132. The smallest absolute Gasteiger partial charge is 0.166 e. The van der Waals surface area contributed by atoms with E-state index in [1.807, 2.05) is 13.0 Å². The third-order valence-electron chi connectivity index (χ3n) is 3.21. The van der Waals surface area contributed by atoms with E-state index in [1.54, 1.807) is 12.1 Å². The van der Waals surface area contributed by atoms with Crippen molar-refractivity contribution in [3.8, 4) is 11.5 Å². The first-order valence-electron chi connectivity index (χ1n) is 6.43. The number of halogens is 1. The third-order valence-corrected chi connectivity index (χ3v) is 3.21. The molecule has 2 aromatic rings. The number of aryl methyl sites for hydroxylation is 1. The minimum Gasteiger partial charge on any atom is -0.486 e. The molecule has 20 heavy (non-hydrogen) atoms. The number of hydrogen-bond donors (Lipinski definition) is 1. The lowest BCUT2D eigenvalue weighted by atomic mass is 10.1. The Labute approximate surface area is 116 Å². The molecule has 2 heterocycles. The van der Waals surface area contributed by atoms with E-state index in [4.69, 9.17) is 15.2 Å². The second-order valence-electron chi connectivity index (χ2n) is 4.84. The van der Waals surface area contributed by atoms with Crippen molar-refractivity contribution in [3.63, 3.8) is 0 Å². The number of nitrogen functional groups attached to an aromatic ring is 1. The summed E-state index contributed by atoms with van der Waals surface area (Å²) in [5, 5.41) is 0. The molecule has 0 fully saturated rings. The molecule has 3 rings (SSSR count). The maximum atomic E-state index is 13.1. The van der Waals surface area contributed by atoms with E-state index in [1.165, 1.54) is 12.1 Å². The molecule has 1 aromatic carbocycles. The molecule has 4 nitrogen and oxygen atoms in total. The second kappa shape index (κ2) is 5.00. The average molecular weight is 274 g/mol. The van der Waals surface area contributed by atoms with Crippen LogP contribution in [0, 0.1) is 12.7 Å². The van der Waals surface area contributed by atoms with Gasteiger partial charge in [-0.15, -0.1) is 0 Å². The van der Waals surface area contributed by atoms with Gasteiger partial charge in [0.05, 0.1) is 0 Å². The van der Waals surface area contributed by atoms with Gasteiger partial charge < -0.3 is 15.2 Å².